The number of carbonyl (C=O) groups is 2. The van der Waals surface area contributed by atoms with E-state index in [-0.39, 0.29) is 102 Å². The van der Waals surface area contributed by atoms with E-state index in [0.29, 0.717) is 59.0 Å². The van der Waals surface area contributed by atoms with E-state index < -0.39 is 13.9 Å². The number of hydrogen-bond donors (Lipinski definition) is 2. The number of nitrogens with one attached hydrogen (secondary N) is 2. The van der Waals surface area contributed by atoms with Crippen LogP contribution in [0.15, 0.2) is 0 Å². The van der Waals surface area contributed by atoms with Crippen molar-refractivity contribution in [1.82, 2.24) is 15.3 Å². The van der Waals surface area contributed by atoms with E-state index in [1.54, 1.807) is 0 Å². The summed E-state index contributed by atoms with van der Waals surface area (Å²) in [6, 6.07) is 2.38. The number of rotatable bonds is 39. The Morgan fingerprint density at radius 3 is 1.47 bits per heavy atom. The molecule has 0 rings (SSSR count). The van der Waals surface area contributed by atoms with Gasteiger partial charge in [-0.3, -0.25) is 9.59 Å². The molecular formula is C39H77N4O11P. The van der Waals surface area contributed by atoms with E-state index in [4.69, 9.17) is 42.2 Å². The largest absolute Gasteiger partial charge is 0.381 e. The molecule has 324 valence electrons. The average Bonchev–Trinajstić information content (AvgIpc) is 3.14. The van der Waals surface area contributed by atoms with Crippen LogP contribution in [0, 0.1) is 16.7 Å². The molecule has 2 N–H and O–H groups in total. The van der Waals surface area contributed by atoms with Crippen LogP contribution in [0.5, 0.6) is 0 Å². The molecule has 0 bridgehead atoms. The number of carbonyl (C=O) groups excluding carboxylic acids is 2. The molecule has 0 aliphatic heterocycles. The summed E-state index contributed by atoms with van der Waals surface area (Å²) in [4.78, 5) is 25.3. The van der Waals surface area contributed by atoms with Crippen LogP contribution in [-0.4, -0.2) is 134 Å². The second kappa shape index (κ2) is 35.6. The van der Waals surface area contributed by atoms with Crippen LogP contribution in [0.2, 0.25) is 0 Å². The van der Waals surface area contributed by atoms with E-state index in [0.717, 1.165) is 19.3 Å². The molecule has 15 nitrogen and oxygen atoms in total. The maximum atomic E-state index is 12.7. The van der Waals surface area contributed by atoms with Crippen LogP contribution in [0.3, 0.4) is 0 Å². The van der Waals surface area contributed by atoms with Crippen molar-refractivity contribution in [3.8, 4) is 6.07 Å². The van der Waals surface area contributed by atoms with Gasteiger partial charge in [-0.2, -0.15) is 5.26 Å². The SMILES string of the molecule is CCCOCC(COCCC(=O)NCCCC(OCC)OCC)(COCCC(=O)NCCCC(OCC)OCC)COP(OCCC#N)N(C(C)C)C(C)C. The molecule has 0 saturated heterocycles. The minimum atomic E-state index is -1.54. The van der Waals surface area contributed by atoms with Gasteiger partial charge in [-0.15, -0.1) is 0 Å². The van der Waals surface area contributed by atoms with Crippen molar-refractivity contribution < 1.29 is 51.8 Å². The van der Waals surface area contributed by atoms with Crippen molar-refractivity contribution in [2.24, 2.45) is 5.41 Å². The highest BCUT2D eigenvalue weighted by atomic mass is 31.2. The van der Waals surface area contributed by atoms with Gasteiger partial charge in [0.1, 0.15) is 0 Å². The number of amides is 2. The van der Waals surface area contributed by atoms with Gasteiger partial charge in [0.15, 0.2) is 12.6 Å². The Labute approximate surface area is 334 Å². The van der Waals surface area contributed by atoms with Crippen molar-refractivity contribution in [3.05, 3.63) is 0 Å². The minimum absolute atomic E-state index is 0.110. The van der Waals surface area contributed by atoms with Gasteiger partial charge in [-0.1, -0.05) is 6.92 Å². The van der Waals surface area contributed by atoms with Crippen molar-refractivity contribution >= 4 is 20.3 Å². The molecular weight excluding hydrogens is 731 g/mol. The number of nitriles is 1. The quantitative estimate of drug-likeness (QED) is 0.0416. The highest BCUT2D eigenvalue weighted by molar-refractivity contribution is 7.44. The zero-order chi connectivity index (χ0) is 41.2. The summed E-state index contributed by atoms with van der Waals surface area (Å²) in [6.07, 6.45) is 3.73. The third kappa shape index (κ3) is 27.7. The standard InChI is InChI=1S/C39H77N4O11P/c1-10-25-46-29-39(32-54-55(53-26-17-22-40)43(33(6)7)34(8)9,30-47-27-20-35(44)41-23-15-18-37(49-11-2)50-12-3)31-48-28-21-36(45)42-24-16-19-38(51-13-4)52-14-5/h33-34,37-38H,10-21,23-32H2,1-9H3,(H,41,44)(H,42,45). The van der Waals surface area contributed by atoms with Crippen LogP contribution >= 0.6 is 8.53 Å². The summed E-state index contributed by atoms with van der Waals surface area (Å²) in [6.45, 7) is 23.4. The lowest BCUT2D eigenvalue weighted by molar-refractivity contribution is -0.140. The first-order valence-corrected chi connectivity index (χ1v) is 21.6. The zero-order valence-corrected chi connectivity index (χ0v) is 36.6. The average molecular weight is 809 g/mol. The van der Waals surface area contributed by atoms with Gasteiger partial charge < -0.3 is 52.8 Å². The summed E-state index contributed by atoms with van der Waals surface area (Å²) >= 11 is 0. The third-order valence-electron chi connectivity index (χ3n) is 7.95. The fourth-order valence-electron chi connectivity index (χ4n) is 5.44. The molecule has 1 unspecified atom stereocenters. The fourth-order valence-corrected chi connectivity index (χ4v) is 7.17. The Balaban J connectivity index is 5.61. The molecule has 16 heteroatoms. The van der Waals surface area contributed by atoms with Gasteiger partial charge in [-0.05, 0) is 74.7 Å². The summed E-state index contributed by atoms with van der Waals surface area (Å²) in [5.74, 6) is -0.220. The lowest BCUT2D eigenvalue weighted by Gasteiger charge is -2.39. The van der Waals surface area contributed by atoms with Crippen molar-refractivity contribution in [3.63, 3.8) is 0 Å². The van der Waals surface area contributed by atoms with E-state index in [1.807, 2.05) is 34.6 Å². The lowest BCUT2D eigenvalue weighted by atomic mass is 9.92. The maximum Gasteiger partial charge on any atom is 0.259 e. The van der Waals surface area contributed by atoms with Gasteiger partial charge in [0.25, 0.3) is 8.53 Å². The molecule has 1 atom stereocenters. The molecule has 0 aliphatic rings. The van der Waals surface area contributed by atoms with Gasteiger partial charge in [0.2, 0.25) is 11.8 Å². The molecule has 0 aromatic rings. The second-order valence-electron chi connectivity index (χ2n) is 13.6. The summed E-state index contributed by atoms with van der Waals surface area (Å²) in [5.41, 5.74) is -0.776. The first-order valence-electron chi connectivity index (χ1n) is 20.5. The Hall–Kier alpha value is -1.54. The first-order chi connectivity index (χ1) is 26.5. The van der Waals surface area contributed by atoms with Gasteiger partial charge in [0.05, 0.1) is 64.2 Å². The fraction of sp³-hybridized carbons (Fsp3) is 0.923. The smallest absolute Gasteiger partial charge is 0.259 e. The highest BCUT2D eigenvalue weighted by Crippen LogP contribution is 2.47. The number of ether oxygens (including phenoxy) is 7. The Kier molecular flexibility index (Phi) is 34.6. The monoisotopic (exact) mass is 809 g/mol. The van der Waals surface area contributed by atoms with E-state index in [9.17, 15) is 14.9 Å². The highest BCUT2D eigenvalue weighted by Gasteiger charge is 2.36. The summed E-state index contributed by atoms with van der Waals surface area (Å²) in [5, 5.41) is 15.1. The van der Waals surface area contributed by atoms with E-state index in [2.05, 4.69) is 49.1 Å². The first kappa shape index (κ1) is 53.5. The van der Waals surface area contributed by atoms with E-state index >= 15 is 0 Å². The molecule has 0 radical (unpaired) electrons. The van der Waals surface area contributed by atoms with Crippen molar-refractivity contribution in [2.75, 3.05) is 92.4 Å². The molecule has 0 fully saturated rings. The third-order valence-corrected chi connectivity index (χ3v) is 10.0. The second-order valence-corrected chi connectivity index (χ2v) is 15.1. The molecule has 0 aliphatic carbocycles. The summed E-state index contributed by atoms with van der Waals surface area (Å²) in [7, 11) is -1.54. The van der Waals surface area contributed by atoms with Crippen LogP contribution in [0.1, 0.15) is 114 Å². The van der Waals surface area contributed by atoms with Crippen LogP contribution in [0.4, 0.5) is 0 Å². The van der Waals surface area contributed by atoms with Gasteiger partial charge in [0, 0.05) is 83.9 Å². The normalized spacial score (nSPS) is 12.7. The number of nitrogens with zero attached hydrogens (tertiary/aromatic N) is 2. The predicted octanol–water partition coefficient (Wildman–Crippen LogP) is 6.10. The molecule has 0 aromatic carbocycles. The topological polar surface area (TPSA) is 168 Å². The van der Waals surface area contributed by atoms with Gasteiger partial charge >= 0.3 is 0 Å². The maximum absolute atomic E-state index is 12.7. The lowest BCUT2D eigenvalue weighted by Crippen LogP contribution is -2.43. The van der Waals surface area contributed by atoms with Gasteiger partial charge in [-0.25, -0.2) is 4.67 Å². The molecule has 0 heterocycles. The molecule has 2 amide bonds. The van der Waals surface area contributed by atoms with E-state index in [1.165, 1.54) is 0 Å². The van der Waals surface area contributed by atoms with Crippen molar-refractivity contribution in [1.29, 1.82) is 5.26 Å². The Morgan fingerprint density at radius 1 is 0.655 bits per heavy atom. The molecule has 0 aromatic heterocycles. The van der Waals surface area contributed by atoms with Crippen molar-refractivity contribution in [2.45, 2.75) is 138 Å². The van der Waals surface area contributed by atoms with Crippen LogP contribution < -0.4 is 10.6 Å². The molecule has 55 heavy (non-hydrogen) atoms. The molecule has 0 spiro atoms. The number of hydrogen-bond acceptors (Lipinski definition) is 13. The Bertz CT molecular complexity index is 913. The summed E-state index contributed by atoms with van der Waals surface area (Å²) < 4.78 is 55.7. The predicted molar refractivity (Wildman–Crippen MR) is 214 cm³/mol. The Morgan fingerprint density at radius 2 is 1.09 bits per heavy atom. The van der Waals surface area contributed by atoms with Crippen LogP contribution in [0.25, 0.3) is 0 Å². The minimum Gasteiger partial charge on any atom is -0.381 e. The zero-order valence-electron chi connectivity index (χ0n) is 35.7. The molecule has 0 saturated carbocycles. The van der Waals surface area contributed by atoms with Crippen LogP contribution in [-0.2, 0) is 51.8 Å².